The van der Waals surface area contributed by atoms with Crippen LogP contribution in [-0.4, -0.2) is 12.6 Å². The van der Waals surface area contributed by atoms with Crippen molar-refractivity contribution in [3.05, 3.63) is 125 Å². The molecule has 0 radical (unpaired) electrons. The van der Waals surface area contributed by atoms with Gasteiger partial charge in [-0.2, -0.15) is 0 Å². The zero-order valence-electron chi connectivity index (χ0n) is 21.3. The van der Waals surface area contributed by atoms with E-state index in [2.05, 4.69) is 6.92 Å². The molecule has 0 aromatic heterocycles. The highest BCUT2D eigenvalue weighted by atomic mass is 19.1. The minimum atomic E-state index is -0.643. The maximum Gasteiger partial charge on any atom is 0.347 e. The van der Waals surface area contributed by atoms with Crippen LogP contribution in [0.1, 0.15) is 46.8 Å². The fraction of sp³-hybridized carbons (Fsp3) is 0.219. The molecule has 4 aromatic rings. The topological polar surface area (TPSA) is 38.8 Å². The summed E-state index contributed by atoms with van der Waals surface area (Å²) in [4.78, 5) is 15.5. The summed E-state index contributed by atoms with van der Waals surface area (Å²) in [6.45, 7) is 5.09. The van der Waals surface area contributed by atoms with Gasteiger partial charge in [0.05, 0.1) is 12.3 Å². The quantitative estimate of drug-likeness (QED) is 0.121. The zero-order chi connectivity index (χ0) is 26.0. The van der Waals surface area contributed by atoms with Crippen LogP contribution in [0.5, 0.6) is 11.5 Å². The average Bonchev–Trinajstić information content (AvgIpc) is 2.92. The molecule has 4 nitrogen and oxygen atoms in total. The number of hydrogen-bond acceptors (Lipinski definition) is 4. The van der Waals surface area contributed by atoms with Crippen LogP contribution in [-0.2, 0) is 13.1 Å². The first kappa shape index (κ1) is 26.0. The van der Waals surface area contributed by atoms with E-state index in [0.717, 1.165) is 24.0 Å². The Morgan fingerprint density at radius 2 is 1.38 bits per heavy atom. The lowest BCUT2D eigenvalue weighted by Gasteiger charge is -2.29. The van der Waals surface area contributed by atoms with Gasteiger partial charge >= 0.3 is 5.97 Å². The number of hydrogen-bond donors (Lipinski definition) is 0. The number of halogens is 1. The SMILES string of the molecule is CCCCOc1c(N(Cc2ccccc2)Cc2ccccc2)cc(F)c(C)c1C(=O)Oc1ccccc1. The Labute approximate surface area is 218 Å². The van der Waals surface area contributed by atoms with Crippen LogP contribution < -0.4 is 14.4 Å². The van der Waals surface area contributed by atoms with Crippen LogP contribution in [0.3, 0.4) is 0 Å². The molecule has 190 valence electrons. The molecule has 0 N–H and O–H groups in total. The van der Waals surface area contributed by atoms with Gasteiger partial charge in [-0.1, -0.05) is 92.2 Å². The predicted molar refractivity (Wildman–Crippen MR) is 146 cm³/mol. The summed E-state index contributed by atoms with van der Waals surface area (Å²) in [6.07, 6.45) is 1.73. The number of unbranched alkanes of at least 4 members (excludes halogenated alkanes) is 1. The molecule has 0 saturated heterocycles. The third-order valence-corrected chi connectivity index (χ3v) is 6.13. The molecule has 0 bridgehead atoms. The molecule has 37 heavy (non-hydrogen) atoms. The lowest BCUT2D eigenvalue weighted by atomic mass is 10.0. The maximum absolute atomic E-state index is 15.5. The molecule has 0 spiro atoms. The first-order valence-electron chi connectivity index (χ1n) is 12.6. The van der Waals surface area contributed by atoms with Gasteiger partial charge < -0.3 is 14.4 Å². The van der Waals surface area contributed by atoms with E-state index >= 15 is 4.39 Å². The maximum atomic E-state index is 15.5. The molecule has 0 unspecified atom stereocenters. The van der Waals surface area contributed by atoms with Crippen molar-refractivity contribution in [2.45, 2.75) is 39.8 Å². The Kier molecular flexibility index (Phi) is 8.93. The smallest absolute Gasteiger partial charge is 0.347 e. The Bertz CT molecular complexity index is 1250. The van der Waals surface area contributed by atoms with Gasteiger partial charge in [-0.25, -0.2) is 9.18 Å². The number of carbonyl (C=O) groups excluding carboxylic acids is 1. The molecule has 0 aliphatic heterocycles. The second-order valence-corrected chi connectivity index (χ2v) is 8.94. The van der Waals surface area contributed by atoms with Crippen molar-refractivity contribution >= 4 is 11.7 Å². The van der Waals surface area contributed by atoms with Crippen molar-refractivity contribution < 1.29 is 18.7 Å². The van der Waals surface area contributed by atoms with Gasteiger partial charge in [-0.05, 0) is 36.6 Å². The van der Waals surface area contributed by atoms with Gasteiger partial charge in [0.25, 0.3) is 0 Å². The summed E-state index contributed by atoms with van der Waals surface area (Å²) in [5.41, 5.74) is 2.96. The fourth-order valence-corrected chi connectivity index (χ4v) is 4.14. The molecular weight excluding hydrogens is 465 g/mol. The van der Waals surface area contributed by atoms with E-state index in [0.29, 0.717) is 36.9 Å². The van der Waals surface area contributed by atoms with Gasteiger partial charge in [0.2, 0.25) is 0 Å². The van der Waals surface area contributed by atoms with E-state index in [4.69, 9.17) is 9.47 Å². The Morgan fingerprint density at radius 3 is 1.92 bits per heavy atom. The Balaban J connectivity index is 1.82. The van der Waals surface area contributed by atoms with Crippen LogP contribution in [0, 0.1) is 12.7 Å². The number of ether oxygens (including phenoxy) is 2. The predicted octanol–water partition coefficient (Wildman–Crippen LogP) is 7.74. The van der Waals surface area contributed by atoms with Crippen molar-refractivity contribution in [1.82, 2.24) is 0 Å². The molecular formula is C32H32FNO3. The van der Waals surface area contributed by atoms with Gasteiger partial charge in [-0.3, -0.25) is 0 Å². The number of benzene rings is 4. The summed E-state index contributed by atoms with van der Waals surface area (Å²) in [5, 5.41) is 0. The van der Waals surface area contributed by atoms with E-state index in [1.54, 1.807) is 31.2 Å². The van der Waals surface area contributed by atoms with Crippen molar-refractivity contribution in [2.75, 3.05) is 11.5 Å². The normalized spacial score (nSPS) is 10.7. The second-order valence-electron chi connectivity index (χ2n) is 8.94. The highest BCUT2D eigenvalue weighted by Gasteiger charge is 2.27. The second kappa shape index (κ2) is 12.7. The van der Waals surface area contributed by atoms with E-state index in [1.807, 2.05) is 71.6 Å². The van der Waals surface area contributed by atoms with Crippen LogP contribution in [0.25, 0.3) is 0 Å². The van der Waals surface area contributed by atoms with Crippen molar-refractivity contribution in [3.63, 3.8) is 0 Å². The number of rotatable bonds is 11. The van der Waals surface area contributed by atoms with E-state index < -0.39 is 11.8 Å². The van der Waals surface area contributed by atoms with Crippen molar-refractivity contribution in [1.29, 1.82) is 0 Å². The van der Waals surface area contributed by atoms with Gasteiger partial charge in [0.1, 0.15) is 17.1 Å². The van der Waals surface area contributed by atoms with E-state index in [-0.39, 0.29) is 11.1 Å². The van der Waals surface area contributed by atoms with E-state index in [1.165, 1.54) is 6.07 Å². The third-order valence-electron chi connectivity index (χ3n) is 6.13. The largest absolute Gasteiger partial charge is 0.490 e. The fourth-order valence-electron chi connectivity index (χ4n) is 4.14. The number of esters is 1. The van der Waals surface area contributed by atoms with Crippen LogP contribution in [0.2, 0.25) is 0 Å². The van der Waals surface area contributed by atoms with Crippen molar-refractivity contribution in [2.24, 2.45) is 0 Å². The van der Waals surface area contributed by atoms with Gasteiger partial charge in [0, 0.05) is 24.7 Å². The molecule has 0 amide bonds. The Hall–Kier alpha value is -4.12. The number of nitrogens with zero attached hydrogens (tertiary/aromatic N) is 1. The Morgan fingerprint density at radius 1 is 0.838 bits per heavy atom. The van der Waals surface area contributed by atoms with E-state index in [9.17, 15) is 4.79 Å². The van der Waals surface area contributed by atoms with Gasteiger partial charge in [0.15, 0.2) is 5.75 Å². The summed E-state index contributed by atoms with van der Waals surface area (Å²) in [7, 11) is 0. The number of anilines is 1. The summed E-state index contributed by atoms with van der Waals surface area (Å²) in [6, 6.07) is 30.3. The van der Waals surface area contributed by atoms with Crippen molar-refractivity contribution in [3.8, 4) is 11.5 Å². The molecule has 0 aliphatic rings. The monoisotopic (exact) mass is 497 g/mol. The molecule has 0 aliphatic carbocycles. The number of carbonyl (C=O) groups is 1. The molecule has 0 saturated carbocycles. The lowest BCUT2D eigenvalue weighted by molar-refractivity contribution is 0.0728. The average molecular weight is 498 g/mol. The molecule has 4 rings (SSSR count). The molecule has 0 heterocycles. The first-order chi connectivity index (χ1) is 18.1. The molecule has 5 heteroatoms. The standard InChI is InChI=1S/C32H32FNO3/c1-3-4-20-36-31-29(21-28(33)24(2)30(31)32(35)37-27-18-12-7-13-19-27)34(22-25-14-8-5-9-15-25)23-26-16-10-6-11-17-26/h5-19,21H,3-4,20,22-23H2,1-2H3. The molecule has 0 atom stereocenters. The van der Waals surface area contributed by atoms with Gasteiger partial charge in [-0.15, -0.1) is 0 Å². The highest BCUT2D eigenvalue weighted by Crippen LogP contribution is 2.38. The lowest BCUT2D eigenvalue weighted by Crippen LogP contribution is -2.25. The summed E-state index contributed by atoms with van der Waals surface area (Å²) in [5.74, 6) is -0.387. The first-order valence-corrected chi connectivity index (χ1v) is 12.6. The minimum absolute atomic E-state index is 0.112. The number of para-hydroxylation sites is 1. The van der Waals surface area contributed by atoms with Crippen LogP contribution in [0.4, 0.5) is 10.1 Å². The van der Waals surface area contributed by atoms with Crippen LogP contribution >= 0.6 is 0 Å². The summed E-state index contributed by atoms with van der Waals surface area (Å²) >= 11 is 0. The molecule has 0 fully saturated rings. The third kappa shape index (κ3) is 6.76. The van der Waals surface area contributed by atoms with Crippen LogP contribution in [0.15, 0.2) is 97.1 Å². The zero-order valence-corrected chi connectivity index (χ0v) is 21.3. The minimum Gasteiger partial charge on any atom is -0.490 e. The summed E-state index contributed by atoms with van der Waals surface area (Å²) < 4.78 is 27.4. The molecule has 4 aromatic carbocycles. The highest BCUT2D eigenvalue weighted by molar-refractivity contribution is 5.98.